The maximum Gasteiger partial charge on any atom is 0.280 e. The zero-order valence-electron chi connectivity index (χ0n) is 18.1. The molecule has 0 radical (unpaired) electrons. The molecular formula is C20H22FN5O6S2. The van der Waals surface area contributed by atoms with Crippen LogP contribution >= 0.6 is 11.3 Å². The van der Waals surface area contributed by atoms with Gasteiger partial charge in [0.05, 0.1) is 30.9 Å². The van der Waals surface area contributed by atoms with E-state index in [4.69, 9.17) is 9.57 Å². The highest BCUT2D eigenvalue weighted by molar-refractivity contribution is 7.89. The minimum atomic E-state index is -3.90. The van der Waals surface area contributed by atoms with E-state index in [0.717, 1.165) is 10.5 Å². The van der Waals surface area contributed by atoms with Crippen molar-refractivity contribution >= 4 is 44.0 Å². The molecule has 4 rings (SSSR count). The van der Waals surface area contributed by atoms with Crippen molar-refractivity contribution in [2.75, 3.05) is 45.2 Å². The summed E-state index contributed by atoms with van der Waals surface area (Å²) in [6, 6.07) is 5.50. The highest BCUT2D eigenvalue weighted by atomic mass is 32.2. The monoisotopic (exact) mass is 511 g/mol. The molecule has 0 bridgehead atoms. The molecule has 0 aliphatic carbocycles. The molecule has 14 heteroatoms. The van der Waals surface area contributed by atoms with Gasteiger partial charge >= 0.3 is 0 Å². The number of carbonyl (C=O) groups excluding carboxylic acids is 2. The Morgan fingerprint density at radius 1 is 1.32 bits per heavy atom. The normalized spacial score (nSPS) is 19.9. The number of halogens is 1. The SMILES string of the molecule is CN1CCN(S(=O)(=O)c2ccc(C(=NO[C@@H]3CCOC3)C(=O)Nc3ncc(F)s3)cc2)CC1=O. The average molecular weight is 512 g/mol. The molecular weight excluding hydrogens is 489 g/mol. The van der Waals surface area contributed by atoms with Gasteiger partial charge in [0.25, 0.3) is 5.91 Å². The standard InChI is InChI=1S/C20H22FN5O6S2/c1-25-7-8-26(11-17(25)27)34(29,30)15-4-2-13(3-5-15)18(24-32-14-6-9-31-12-14)19(28)23-20-22-10-16(21)33-20/h2-5,10,14H,6-9,11-12H2,1H3,(H,22,23,28)/t14-/m1/s1. The van der Waals surface area contributed by atoms with E-state index in [1.54, 1.807) is 7.05 Å². The lowest BCUT2D eigenvalue weighted by Crippen LogP contribution is -2.50. The number of likely N-dealkylation sites (N-methyl/N-ethyl adjacent to an activating group) is 1. The zero-order valence-corrected chi connectivity index (χ0v) is 19.8. The van der Waals surface area contributed by atoms with Crippen LogP contribution in [0.25, 0.3) is 0 Å². The number of hydrogen-bond acceptors (Lipinski definition) is 9. The maximum absolute atomic E-state index is 13.3. The number of hydrogen-bond donors (Lipinski definition) is 1. The number of oxime groups is 1. The summed E-state index contributed by atoms with van der Waals surface area (Å²) in [5, 5.41) is 5.91. The zero-order chi connectivity index (χ0) is 24.3. The van der Waals surface area contributed by atoms with Gasteiger partial charge < -0.3 is 14.5 Å². The van der Waals surface area contributed by atoms with Crippen molar-refractivity contribution < 1.29 is 32.0 Å². The number of sulfonamides is 1. The molecule has 34 heavy (non-hydrogen) atoms. The molecule has 2 aliphatic heterocycles. The van der Waals surface area contributed by atoms with Crippen LogP contribution in [0.1, 0.15) is 12.0 Å². The van der Waals surface area contributed by atoms with Gasteiger partial charge in [-0.2, -0.15) is 8.70 Å². The van der Waals surface area contributed by atoms with Gasteiger partial charge in [-0.05, 0) is 12.1 Å². The predicted molar refractivity (Wildman–Crippen MR) is 120 cm³/mol. The maximum atomic E-state index is 13.3. The molecule has 2 fully saturated rings. The van der Waals surface area contributed by atoms with Crippen LogP contribution in [0, 0.1) is 5.13 Å². The van der Waals surface area contributed by atoms with Gasteiger partial charge in [-0.3, -0.25) is 14.9 Å². The number of benzene rings is 1. The third-order valence-electron chi connectivity index (χ3n) is 5.28. The number of rotatable bonds is 7. The molecule has 0 unspecified atom stereocenters. The molecule has 3 heterocycles. The molecule has 2 aliphatic rings. The highest BCUT2D eigenvalue weighted by Gasteiger charge is 2.31. The van der Waals surface area contributed by atoms with Crippen LogP contribution in [-0.4, -0.2) is 86.1 Å². The Morgan fingerprint density at radius 2 is 2.09 bits per heavy atom. The first-order valence-corrected chi connectivity index (χ1v) is 12.6. The van der Waals surface area contributed by atoms with Gasteiger partial charge in [0.1, 0.15) is 0 Å². The lowest BCUT2D eigenvalue weighted by Gasteiger charge is -2.31. The largest absolute Gasteiger partial charge is 0.389 e. The van der Waals surface area contributed by atoms with Gasteiger partial charge in [0, 0.05) is 32.1 Å². The van der Waals surface area contributed by atoms with Crippen LogP contribution in [0.15, 0.2) is 40.5 Å². The molecule has 2 amide bonds. The van der Waals surface area contributed by atoms with E-state index >= 15 is 0 Å². The summed E-state index contributed by atoms with van der Waals surface area (Å²) in [7, 11) is -2.29. The Balaban J connectivity index is 1.56. The Hall–Kier alpha value is -2.94. The van der Waals surface area contributed by atoms with Crippen LogP contribution in [0.2, 0.25) is 0 Å². The molecule has 0 saturated carbocycles. The topological polar surface area (TPSA) is 131 Å². The van der Waals surface area contributed by atoms with Crippen molar-refractivity contribution in [1.82, 2.24) is 14.2 Å². The molecule has 1 aromatic carbocycles. The summed E-state index contributed by atoms with van der Waals surface area (Å²) in [5.74, 6) is -0.988. The molecule has 1 atom stereocenters. The van der Waals surface area contributed by atoms with Crippen LogP contribution in [0.5, 0.6) is 0 Å². The summed E-state index contributed by atoms with van der Waals surface area (Å²) < 4.78 is 45.5. The fourth-order valence-electron chi connectivity index (χ4n) is 3.29. The van der Waals surface area contributed by atoms with E-state index in [1.807, 2.05) is 0 Å². The summed E-state index contributed by atoms with van der Waals surface area (Å²) in [4.78, 5) is 35.4. The lowest BCUT2D eigenvalue weighted by atomic mass is 10.1. The fraction of sp³-hybridized carbons (Fsp3) is 0.400. The van der Waals surface area contributed by atoms with Crippen LogP contribution in [0.3, 0.4) is 0 Å². The Bertz CT molecular complexity index is 1190. The molecule has 0 spiro atoms. The second-order valence-electron chi connectivity index (χ2n) is 7.63. The van der Waals surface area contributed by atoms with E-state index < -0.39 is 21.1 Å². The number of nitrogens with one attached hydrogen (secondary N) is 1. The van der Waals surface area contributed by atoms with Crippen LogP contribution in [-0.2, 0) is 29.2 Å². The second kappa shape index (κ2) is 10.1. The fourth-order valence-corrected chi connectivity index (χ4v) is 5.21. The Morgan fingerprint density at radius 3 is 2.71 bits per heavy atom. The first-order chi connectivity index (χ1) is 16.2. The van der Waals surface area contributed by atoms with Crippen molar-refractivity contribution in [3.05, 3.63) is 41.2 Å². The number of carbonyl (C=O) groups is 2. The minimum absolute atomic E-state index is 0.0273. The summed E-state index contributed by atoms with van der Waals surface area (Å²) in [6.07, 6.45) is 1.26. The Labute approximate surface area is 199 Å². The quantitative estimate of drug-likeness (QED) is 0.432. The van der Waals surface area contributed by atoms with Gasteiger partial charge in [-0.15, -0.1) is 0 Å². The minimum Gasteiger partial charge on any atom is -0.389 e. The average Bonchev–Trinajstić information content (AvgIpc) is 3.48. The third kappa shape index (κ3) is 5.41. The molecule has 1 N–H and O–H groups in total. The number of ether oxygens (including phenoxy) is 1. The number of anilines is 1. The third-order valence-corrected chi connectivity index (χ3v) is 7.84. The lowest BCUT2D eigenvalue weighted by molar-refractivity contribution is -0.132. The second-order valence-corrected chi connectivity index (χ2v) is 10.6. The number of nitrogens with zero attached hydrogens (tertiary/aromatic N) is 4. The van der Waals surface area contributed by atoms with Gasteiger partial charge in [-0.25, -0.2) is 13.4 Å². The summed E-state index contributed by atoms with van der Waals surface area (Å²) in [5.41, 5.74) is 0.142. The summed E-state index contributed by atoms with van der Waals surface area (Å²) >= 11 is 0.653. The van der Waals surface area contributed by atoms with Gasteiger partial charge in [0.15, 0.2) is 22.1 Å². The number of aromatic nitrogens is 1. The number of piperazine rings is 1. The van der Waals surface area contributed by atoms with E-state index in [2.05, 4.69) is 15.5 Å². The number of thiazole rings is 1. The smallest absolute Gasteiger partial charge is 0.280 e. The molecule has 2 aromatic rings. The predicted octanol–water partition coefficient (Wildman–Crippen LogP) is 0.893. The summed E-state index contributed by atoms with van der Waals surface area (Å²) in [6.45, 7) is 1.09. The van der Waals surface area contributed by atoms with Crippen molar-refractivity contribution in [1.29, 1.82) is 0 Å². The molecule has 2 saturated heterocycles. The van der Waals surface area contributed by atoms with Crippen LogP contribution < -0.4 is 5.32 Å². The van der Waals surface area contributed by atoms with E-state index in [-0.39, 0.29) is 46.4 Å². The van der Waals surface area contributed by atoms with E-state index in [9.17, 15) is 22.4 Å². The Kier molecular flexibility index (Phi) is 7.21. The molecule has 11 nitrogen and oxygen atoms in total. The molecule has 1 aromatic heterocycles. The van der Waals surface area contributed by atoms with Gasteiger partial charge in [-0.1, -0.05) is 28.6 Å². The van der Waals surface area contributed by atoms with Gasteiger partial charge in [0.2, 0.25) is 15.9 Å². The van der Waals surface area contributed by atoms with Crippen molar-refractivity contribution in [2.24, 2.45) is 5.16 Å². The van der Waals surface area contributed by atoms with E-state index in [1.165, 1.54) is 29.2 Å². The van der Waals surface area contributed by atoms with Crippen molar-refractivity contribution in [2.45, 2.75) is 17.4 Å². The van der Waals surface area contributed by atoms with E-state index in [0.29, 0.717) is 37.5 Å². The van der Waals surface area contributed by atoms with Crippen LogP contribution in [0.4, 0.5) is 9.52 Å². The first-order valence-electron chi connectivity index (χ1n) is 10.3. The molecule has 182 valence electrons. The first kappa shape index (κ1) is 24.2. The van der Waals surface area contributed by atoms with Crippen molar-refractivity contribution in [3.63, 3.8) is 0 Å². The number of amides is 2. The highest BCUT2D eigenvalue weighted by Crippen LogP contribution is 2.20. The van der Waals surface area contributed by atoms with Crippen molar-refractivity contribution in [3.8, 4) is 0 Å².